The summed E-state index contributed by atoms with van der Waals surface area (Å²) in [7, 11) is 1.84. The lowest BCUT2D eigenvalue weighted by molar-refractivity contribution is 0.226. The van der Waals surface area contributed by atoms with Gasteiger partial charge in [0.05, 0.1) is 6.04 Å². The van der Waals surface area contributed by atoms with Crippen molar-refractivity contribution >= 4 is 6.03 Å². The van der Waals surface area contributed by atoms with Crippen LogP contribution in [0.2, 0.25) is 0 Å². The molecule has 1 aromatic heterocycles. The van der Waals surface area contributed by atoms with Crippen LogP contribution in [0.25, 0.3) is 0 Å². The summed E-state index contributed by atoms with van der Waals surface area (Å²) in [5.41, 5.74) is 0.768. The summed E-state index contributed by atoms with van der Waals surface area (Å²) in [5, 5.41) is 13.7. The molecule has 140 valence electrons. The van der Waals surface area contributed by atoms with Gasteiger partial charge in [-0.25, -0.2) is 9.18 Å². The summed E-state index contributed by atoms with van der Waals surface area (Å²) in [6.07, 6.45) is 6.88. The Morgan fingerprint density at radius 3 is 2.77 bits per heavy atom. The van der Waals surface area contributed by atoms with Crippen LogP contribution in [0.4, 0.5) is 9.18 Å². The second-order valence-corrected chi connectivity index (χ2v) is 7.20. The van der Waals surface area contributed by atoms with Crippen LogP contribution in [-0.4, -0.2) is 27.3 Å². The summed E-state index contributed by atoms with van der Waals surface area (Å²) in [6.45, 7) is 2.36. The minimum atomic E-state index is -0.251. The molecule has 1 aliphatic carbocycles. The van der Waals surface area contributed by atoms with E-state index in [1.807, 2.05) is 20.0 Å². The first-order valence-corrected chi connectivity index (χ1v) is 9.14. The maximum absolute atomic E-state index is 13.7. The van der Waals surface area contributed by atoms with E-state index in [4.69, 9.17) is 0 Å². The predicted octanol–water partition coefficient (Wildman–Crippen LogP) is 3.22. The molecule has 1 fully saturated rings. The summed E-state index contributed by atoms with van der Waals surface area (Å²) >= 11 is 0. The number of urea groups is 1. The number of carbonyl (C=O) groups excluding carboxylic acids is 1. The maximum atomic E-state index is 13.7. The highest BCUT2D eigenvalue weighted by Crippen LogP contribution is 2.39. The Morgan fingerprint density at radius 1 is 1.35 bits per heavy atom. The van der Waals surface area contributed by atoms with Gasteiger partial charge in [0.1, 0.15) is 12.1 Å². The summed E-state index contributed by atoms with van der Waals surface area (Å²) in [5.74, 6) is 0.463. The van der Waals surface area contributed by atoms with Crippen LogP contribution in [0.5, 0.6) is 0 Å². The summed E-state index contributed by atoms with van der Waals surface area (Å²) < 4.78 is 15.5. The van der Waals surface area contributed by atoms with E-state index in [-0.39, 0.29) is 23.3 Å². The largest absolute Gasteiger partial charge is 0.337 e. The highest BCUT2D eigenvalue weighted by atomic mass is 19.1. The second kappa shape index (κ2) is 7.85. The third kappa shape index (κ3) is 4.03. The van der Waals surface area contributed by atoms with Gasteiger partial charge in [0.25, 0.3) is 0 Å². The average Bonchev–Trinajstić information content (AvgIpc) is 3.07. The number of aromatic nitrogens is 3. The van der Waals surface area contributed by atoms with Crippen molar-refractivity contribution in [1.29, 1.82) is 0 Å². The molecule has 1 aliphatic rings. The van der Waals surface area contributed by atoms with Crippen LogP contribution in [0.15, 0.2) is 30.6 Å². The van der Waals surface area contributed by atoms with Gasteiger partial charge < -0.3 is 15.2 Å². The number of rotatable bonds is 5. The van der Waals surface area contributed by atoms with E-state index in [1.165, 1.54) is 12.5 Å². The van der Waals surface area contributed by atoms with Crippen LogP contribution < -0.4 is 10.6 Å². The third-order valence-electron chi connectivity index (χ3n) is 5.32. The molecule has 2 amide bonds. The van der Waals surface area contributed by atoms with Crippen LogP contribution in [0.1, 0.15) is 56.5 Å². The van der Waals surface area contributed by atoms with Gasteiger partial charge in [-0.1, -0.05) is 31.4 Å². The molecule has 26 heavy (non-hydrogen) atoms. The Balaban J connectivity index is 1.66. The first-order chi connectivity index (χ1) is 12.5. The molecule has 0 bridgehead atoms. The lowest BCUT2D eigenvalue weighted by Crippen LogP contribution is -2.46. The number of amides is 2. The van der Waals surface area contributed by atoms with Crippen molar-refractivity contribution in [3.05, 3.63) is 47.8 Å². The van der Waals surface area contributed by atoms with Gasteiger partial charge in [-0.05, 0) is 37.5 Å². The topological polar surface area (TPSA) is 71.8 Å². The zero-order chi connectivity index (χ0) is 18.6. The molecule has 2 aromatic rings. The molecule has 0 aliphatic heterocycles. The molecule has 0 unspecified atom stereocenters. The first kappa shape index (κ1) is 18.4. The molecule has 7 heteroatoms. The number of hydrogen-bond acceptors (Lipinski definition) is 3. The monoisotopic (exact) mass is 359 g/mol. The van der Waals surface area contributed by atoms with E-state index in [0.29, 0.717) is 12.4 Å². The number of halogens is 1. The fourth-order valence-electron chi connectivity index (χ4n) is 3.86. The summed E-state index contributed by atoms with van der Waals surface area (Å²) in [6, 6.07) is 6.28. The number of benzene rings is 1. The molecule has 2 N–H and O–H groups in total. The molecule has 6 nitrogen and oxygen atoms in total. The molecule has 0 radical (unpaired) electrons. The van der Waals surface area contributed by atoms with E-state index in [9.17, 15) is 9.18 Å². The maximum Gasteiger partial charge on any atom is 0.315 e. The molecular formula is C19H26FN5O. The Hall–Kier alpha value is -2.44. The number of nitrogens with zero attached hydrogens (tertiary/aromatic N) is 3. The van der Waals surface area contributed by atoms with E-state index in [0.717, 1.165) is 31.2 Å². The van der Waals surface area contributed by atoms with E-state index < -0.39 is 0 Å². The van der Waals surface area contributed by atoms with E-state index >= 15 is 0 Å². The standard InChI is InChI=1S/C19H26FN5O/c1-14(17-24-22-13-25(17)2)23-18(26)21-12-19(9-4-3-5-10-19)15-7-6-8-16(20)11-15/h6-8,11,13-14H,3-5,9-10,12H2,1-2H3,(H2,21,23,26)/t14-/m1/s1. The molecule has 3 rings (SSSR count). The van der Waals surface area contributed by atoms with Crippen LogP contribution >= 0.6 is 0 Å². The SMILES string of the molecule is C[C@@H](NC(=O)NCC1(c2cccc(F)c2)CCCCC1)c1nncn1C. The number of carbonyl (C=O) groups is 1. The van der Waals surface area contributed by atoms with Gasteiger partial charge >= 0.3 is 6.03 Å². The minimum Gasteiger partial charge on any atom is -0.337 e. The lowest BCUT2D eigenvalue weighted by atomic mass is 9.69. The zero-order valence-corrected chi connectivity index (χ0v) is 15.3. The highest BCUT2D eigenvalue weighted by molar-refractivity contribution is 5.74. The predicted molar refractivity (Wildman–Crippen MR) is 97.1 cm³/mol. The van der Waals surface area contributed by atoms with Crippen molar-refractivity contribution in [3.63, 3.8) is 0 Å². The molecule has 1 heterocycles. The van der Waals surface area contributed by atoms with E-state index in [1.54, 1.807) is 23.0 Å². The summed E-state index contributed by atoms with van der Waals surface area (Å²) in [4.78, 5) is 12.4. The van der Waals surface area contributed by atoms with Gasteiger partial charge in [0.15, 0.2) is 5.82 Å². The fourth-order valence-corrected chi connectivity index (χ4v) is 3.86. The molecule has 1 aromatic carbocycles. The van der Waals surface area contributed by atoms with E-state index in [2.05, 4.69) is 20.8 Å². The van der Waals surface area contributed by atoms with Crippen LogP contribution in [-0.2, 0) is 12.5 Å². The van der Waals surface area contributed by atoms with Crippen molar-refractivity contribution in [3.8, 4) is 0 Å². The van der Waals surface area contributed by atoms with Crippen molar-refractivity contribution in [2.45, 2.75) is 50.5 Å². The Kier molecular flexibility index (Phi) is 5.54. The van der Waals surface area contributed by atoms with Crippen molar-refractivity contribution < 1.29 is 9.18 Å². The lowest BCUT2D eigenvalue weighted by Gasteiger charge is -2.38. The first-order valence-electron chi connectivity index (χ1n) is 9.14. The molecule has 0 saturated heterocycles. The number of aryl methyl sites for hydroxylation is 1. The fraction of sp³-hybridized carbons (Fsp3) is 0.526. The Bertz CT molecular complexity index is 754. The quantitative estimate of drug-likeness (QED) is 0.861. The number of hydrogen-bond donors (Lipinski definition) is 2. The van der Waals surface area contributed by atoms with Gasteiger partial charge in [0, 0.05) is 19.0 Å². The van der Waals surface area contributed by atoms with Crippen LogP contribution in [0.3, 0.4) is 0 Å². The normalized spacial score (nSPS) is 17.5. The Morgan fingerprint density at radius 2 is 2.12 bits per heavy atom. The third-order valence-corrected chi connectivity index (χ3v) is 5.32. The van der Waals surface area contributed by atoms with Gasteiger partial charge in [-0.15, -0.1) is 10.2 Å². The van der Waals surface area contributed by atoms with Crippen LogP contribution in [0, 0.1) is 5.82 Å². The number of nitrogens with one attached hydrogen (secondary N) is 2. The molecule has 1 saturated carbocycles. The minimum absolute atomic E-state index is 0.203. The van der Waals surface area contributed by atoms with Crippen molar-refractivity contribution in [1.82, 2.24) is 25.4 Å². The smallest absolute Gasteiger partial charge is 0.315 e. The Labute approximate surface area is 153 Å². The van der Waals surface area contributed by atoms with Crippen molar-refractivity contribution in [2.24, 2.45) is 7.05 Å². The average molecular weight is 359 g/mol. The molecule has 1 atom stereocenters. The van der Waals surface area contributed by atoms with Crippen molar-refractivity contribution in [2.75, 3.05) is 6.54 Å². The van der Waals surface area contributed by atoms with Gasteiger partial charge in [-0.2, -0.15) is 0 Å². The molecular weight excluding hydrogens is 333 g/mol. The van der Waals surface area contributed by atoms with Gasteiger partial charge in [0.2, 0.25) is 0 Å². The zero-order valence-electron chi connectivity index (χ0n) is 15.3. The highest BCUT2D eigenvalue weighted by Gasteiger charge is 2.34. The molecule has 0 spiro atoms. The van der Waals surface area contributed by atoms with Gasteiger partial charge in [-0.3, -0.25) is 0 Å². The second-order valence-electron chi connectivity index (χ2n) is 7.20.